The van der Waals surface area contributed by atoms with Gasteiger partial charge in [-0.05, 0) is 50.7 Å². The Labute approximate surface area is 140 Å². The van der Waals surface area contributed by atoms with E-state index in [0.29, 0.717) is 24.5 Å². The van der Waals surface area contributed by atoms with Crippen molar-refractivity contribution in [1.82, 2.24) is 15.5 Å². The lowest BCUT2D eigenvalue weighted by Gasteiger charge is -2.33. The average Bonchev–Trinajstić information content (AvgIpc) is 3.15. The third-order valence-electron chi connectivity index (χ3n) is 5.02. The minimum absolute atomic E-state index is 0.271. The van der Waals surface area contributed by atoms with Gasteiger partial charge in [-0.25, -0.2) is 4.79 Å². The van der Waals surface area contributed by atoms with Crippen LogP contribution < -0.4 is 10.6 Å². The number of rotatable bonds is 4. The summed E-state index contributed by atoms with van der Waals surface area (Å²) < 4.78 is 5.23. The lowest BCUT2D eigenvalue weighted by atomic mass is 9.77. The molecule has 2 aliphatic rings. The van der Waals surface area contributed by atoms with Gasteiger partial charge >= 0.3 is 6.03 Å². The van der Waals surface area contributed by atoms with Crippen LogP contribution in [0, 0.1) is 5.92 Å². The van der Waals surface area contributed by atoms with Crippen LogP contribution >= 0.6 is 0 Å². The Morgan fingerprint density at radius 2 is 2.17 bits per heavy atom. The van der Waals surface area contributed by atoms with Crippen molar-refractivity contribution in [2.75, 3.05) is 6.54 Å². The summed E-state index contributed by atoms with van der Waals surface area (Å²) in [5.41, 5.74) is -0.809. The predicted molar refractivity (Wildman–Crippen MR) is 85.9 cm³/mol. The Morgan fingerprint density at radius 3 is 2.79 bits per heavy atom. The van der Waals surface area contributed by atoms with E-state index >= 15 is 0 Å². The molecular weight excluding hydrogens is 310 g/mol. The molecule has 7 nitrogen and oxygen atoms in total. The summed E-state index contributed by atoms with van der Waals surface area (Å²) in [7, 11) is 0. The molecule has 2 N–H and O–H groups in total. The zero-order chi connectivity index (χ0) is 17.3. The van der Waals surface area contributed by atoms with Gasteiger partial charge in [0.05, 0.1) is 12.3 Å². The fourth-order valence-corrected chi connectivity index (χ4v) is 3.45. The van der Waals surface area contributed by atoms with Crippen LogP contribution in [-0.2, 0) is 9.59 Å². The van der Waals surface area contributed by atoms with Crippen LogP contribution in [0.1, 0.15) is 51.3 Å². The van der Waals surface area contributed by atoms with Crippen LogP contribution in [0.5, 0.6) is 0 Å². The van der Waals surface area contributed by atoms with E-state index in [2.05, 4.69) is 17.6 Å². The number of nitrogens with zero attached hydrogens (tertiary/aromatic N) is 1. The van der Waals surface area contributed by atoms with Crippen LogP contribution in [0.4, 0.5) is 4.79 Å². The number of hydrogen-bond donors (Lipinski definition) is 2. The molecule has 0 unspecified atom stereocenters. The molecule has 0 bridgehead atoms. The maximum atomic E-state index is 12.7. The molecule has 0 radical (unpaired) electrons. The van der Waals surface area contributed by atoms with Gasteiger partial charge in [-0.15, -0.1) is 0 Å². The molecule has 1 atom stereocenters. The molecule has 1 aliphatic heterocycles. The molecule has 1 aromatic rings. The van der Waals surface area contributed by atoms with Crippen LogP contribution in [0.2, 0.25) is 0 Å². The number of carbonyl (C=O) groups excluding carboxylic acids is 3. The van der Waals surface area contributed by atoms with E-state index in [-0.39, 0.29) is 24.4 Å². The Balaban J connectivity index is 1.61. The van der Waals surface area contributed by atoms with Crippen molar-refractivity contribution in [1.29, 1.82) is 0 Å². The average molecular weight is 333 g/mol. The number of hydrogen-bond acceptors (Lipinski definition) is 4. The number of urea groups is 1. The first-order valence-electron chi connectivity index (χ1n) is 8.38. The summed E-state index contributed by atoms with van der Waals surface area (Å²) in [6.45, 7) is 3.66. The second kappa shape index (κ2) is 6.30. The quantitative estimate of drug-likeness (QED) is 0.824. The molecule has 1 aromatic heterocycles. The highest BCUT2D eigenvalue weighted by Gasteiger charge is 2.52. The maximum absolute atomic E-state index is 12.7. The number of nitrogens with one attached hydrogen (secondary N) is 2. The third-order valence-corrected chi connectivity index (χ3v) is 5.02. The molecule has 1 spiro atoms. The number of imide groups is 1. The standard InChI is InChI=1S/C17H23N3O4/c1-11-5-7-17(8-6-11)15(22)20(16(23)19-17)10-14(21)18-12(2)13-4-3-9-24-13/h3-4,9,11-12H,5-8,10H2,1-2H3,(H,18,21)(H,19,23)/t11?,12-,17?/m1/s1. The molecule has 24 heavy (non-hydrogen) atoms. The van der Waals surface area contributed by atoms with Crippen molar-refractivity contribution < 1.29 is 18.8 Å². The van der Waals surface area contributed by atoms with Crippen molar-refractivity contribution in [3.05, 3.63) is 24.2 Å². The molecule has 3 rings (SSSR count). The smallest absolute Gasteiger partial charge is 0.325 e. The van der Waals surface area contributed by atoms with E-state index in [1.165, 1.54) is 6.26 Å². The van der Waals surface area contributed by atoms with Gasteiger partial charge in [-0.3, -0.25) is 14.5 Å². The Morgan fingerprint density at radius 1 is 1.46 bits per heavy atom. The highest BCUT2D eigenvalue weighted by molar-refractivity contribution is 6.09. The first-order chi connectivity index (χ1) is 11.4. The van der Waals surface area contributed by atoms with Gasteiger partial charge in [-0.2, -0.15) is 0 Å². The molecule has 1 saturated heterocycles. The lowest BCUT2D eigenvalue weighted by Crippen LogP contribution is -2.50. The van der Waals surface area contributed by atoms with Crippen LogP contribution in [-0.4, -0.2) is 34.8 Å². The van der Waals surface area contributed by atoms with Crippen LogP contribution in [0.15, 0.2) is 22.8 Å². The van der Waals surface area contributed by atoms with Crippen molar-refractivity contribution >= 4 is 17.8 Å². The topological polar surface area (TPSA) is 91.7 Å². The zero-order valence-electron chi connectivity index (χ0n) is 14.0. The largest absolute Gasteiger partial charge is 0.467 e. The Hall–Kier alpha value is -2.31. The van der Waals surface area contributed by atoms with Gasteiger partial charge in [0, 0.05) is 0 Å². The second-order valence-corrected chi connectivity index (χ2v) is 6.89. The van der Waals surface area contributed by atoms with Gasteiger partial charge in [0.2, 0.25) is 5.91 Å². The highest BCUT2D eigenvalue weighted by atomic mass is 16.3. The highest BCUT2D eigenvalue weighted by Crippen LogP contribution is 2.36. The summed E-state index contributed by atoms with van der Waals surface area (Å²) in [6, 6.07) is 2.70. The minimum Gasteiger partial charge on any atom is -0.467 e. The van der Waals surface area contributed by atoms with Gasteiger partial charge in [0.25, 0.3) is 5.91 Å². The van der Waals surface area contributed by atoms with E-state index in [1.54, 1.807) is 19.1 Å². The molecule has 2 fully saturated rings. The summed E-state index contributed by atoms with van der Waals surface area (Å²) in [5.74, 6) is 0.522. The molecule has 130 valence electrons. The normalized spacial score (nSPS) is 28.1. The van der Waals surface area contributed by atoms with E-state index in [0.717, 1.165) is 17.7 Å². The van der Waals surface area contributed by atoms with E-state index < -0.39 is 11.6 Å². The molecular formula is C17H23N3O4. The SMILES string of the molecule is CC1CCC2(CC1)NC(=O)N(CC(=O)N[C@H](C)c1ccco1)C2=O. The molecule has 1 aliphatic carbocycles. The summed E-state index contributed by atoms with van der Waals surface area (Å²) >= 11 is 0. The van der Waals surface area contributed by atoms with Crippen LogP contribution in [0.3, 0.4) is 0 Å². The molecule has 2 heterocycles. The number of amides is 4. The van der Waals surface area contributed by atoms with Crippen LogP contribution in [0.25, 0.3) is 0 Å². The predicted octanol–water partition coefficient (Wildman–Crippen LogP) is 1.96. The molecule has 4 amide bonds. The van der Waals surface area contributed by atoms with Gasteiger partial charge in [-0.1, -0.05) is 6.92 Å². The minimum atomic E-state index is -0.809. The summed E-state index contributed by atoms with van der Waals surface area (Å²) in [6.07, 6.45) is 4.62. The van der Waals surface area contributed by atoms with Gasteiger partial charge in [0.1, 0.15) is 17.8 Å². The van der Waals surface area contributed by atoms with Gasteiger partial charge in [0.15, 0.2) is 0 Å². The monoisotopic (exact) mass is 333 g/mol. The molecule has 0 aromatic carbocycles. The fourth-order valence-electron chi connectivity index (χ4n) is 3.45. The van der Waals surface area contributed by atoms with Crippen molar-refractivity contribution in [3.8, 4) is 0 Å². The first-order valence-corrected chi connectivity index (χ1v) is 8.38. The lowest BCUT2D eigenvalue weighted by molar-refractivity contribution is -0.136. The number of carbonyl (C=O) groups is 3. The zero-order valence-corrected chi connectivity index (χ0v) is 14.0. The summed E-state index contributed by atoms with van der Waals surface area (Å²) in [5, 5.41) is 5.56. The molecule has 1 saturated carbocycles. The van der Waals surface area contributed by atoms with Crippen molar-refractivity contribution in [2.45, 2.75) is 51.1 Å². The van der Waals surface area contributed by atoms with E-state index in [9.17, 15) is 14.4 Å². The van der Waals surface area contributed by atoms with E-state index in [1.807, 2.05) is 0 Å². The van der Waals surface area contributed by atoms with Crippen molar-refractivity contribution in [3.63, 3.8) is 0 Å². The van der Waals surface area contributed by atoms with E-state index in [4.69, 9.17) is 4.42 Å². The maximum Gasteiger partial charge on any atom is 0.325 e. The van der Waals surface area contributed by atoms with Crippen molar-refractivity contribution in [2.24, 2.45) is 5.92 Å². The Kier molecular flexibility index (Phi) is 4.34. The second-order valence-electron chi connectivity index (χ2n) is 6.89. The third kappa shape index (κ3) is 3.02. The number of furan rings is 1. The van der Waals surface area contributed by atoms with Gasteiger partial charge < -0.3 is 15.1 Å². The fraction of sp³-hybridized carbons (Fsp3) is 0.588. The Bertz CT molecular complexity index is 632. The summed E-state index contributed by atoms with van der Waals surface area (Å²) in [4.78, 5) is 38.1. The molecule has 7 heteroatoms. The first kappa shape index (κ1) is 16.5.